The summed E-state index contributed by atoms with van der Waals surface area (Å²) in [5.74, 6) is 1.28. The van der Waals surface area contributed by atoms with Crippen LogP contribution in [0.5, 0.6) is 0 Å². The summed E-state index contributed by atoms with van der Waals surface area (Å²) in [5, 5.41) is 8.48. The summed E-state index contributed by atoms with van der Waals surface area (Å²) in [5.41, 5.74) is 2.10. The lowest BCUT2D eigenvalue weighted by molar-refractivity contribution is -0.118. The third-order valence-corrected chi connectivity index (χ3v) is 4.78. The molecule has 6 heteroatoms. The summed E-state index contributed by atoms with van der Waals surface area (Å²) in [6.07, 6.45) is 0.811. The van der Waals surface area contributed by atoms with Crippen molar-refractivity contribution in [2.45, 2.75) is 32.2 Å². The number of aryl methyl sites for hydroxylation is 2. The number of halogens is 1. The Balaban J connectivity index is 1.61. The molecule has 0 unspecified atom stereocenters. The highest BCUT2D eigenvalue weighted by molar-refractivity contribution is 6.30. The lowest BCUT2D eigenvalue weighted by atomic mass is 10.0. The third-order valence-electron chi connectivity index (χ3n) is 4.55. The van der Waals surface area contributed by atoms with Crippen molar-refractivity contribution in [2.24, 2.45) is 7.05 Å². The number of hydrogen-bond donors (Lipinski definition) is 1. The molecule has 1 fully saturated rings. The standard InChI is InChI=1S/C18H23ClN4O/c1-12(14-5-4-6-15(19)10-14)11-20-16-7-8-23(18(16)24)17-9-13(2)21-22(17)3/h4-6,9-10,12,16,20H,7-8,11H2,1-3H3/t12-,16+/m1/s1. The number of carbonyl (C=O) groups excluding carboxylic acids is 1. The Morgan fingerprint density at radius 3 is 2.88 bits per heavy atom. The smallest absolute Gasteiger partial charge is 0.245 e. The van der Waals surface area contributed by atoms with Crippen molar-refractivity contribution >= 4 is 23.3 Å². The van der Waals surface area contributed by atoms with Crippen molar-refractivity contribution in [3.63, 3.8) is 0 Å². The Kier molecular flexibility index (Phi) is 4.92. The van der Waals surface area contributed by atoms with Crippen molar-refractivity contribution in [3.8, 4) is 0 Å². The first-order valence-electron chi connectivity index (χ1n) is 8.26. The minimum atomic E-state index is -0.137. The quantitative estimate of drug-likeness (QED) is 0.905. The Bertz CT molecular complexity index is 742. The summed E-state index contributed by atoms with van der Waals surface area (Å²) >= 11 is 6.05. The number of benzene rings is 1. The SMILES string of the molecule is Cc1cc(N2CC[C@H](NC[C@@H](C)c3cccc(Cl)c3)C2=O)n(C)n1. The number of nitrogens with zero attached hydrogens (tertiary/aromatic N) is 3. The number of amides is 1. The Hall–Kier alpha value is -1.85. The number of anilines is 1. The van der Waals surface area contributed by atoms with E-state index < -0.39 is 0 Å². The molecule has 3 rings (SSSR count). The van der Waals surface area contributed by atoms with Gasteiger partial charge in [-0.15, -0.1) is 0 Å². The summed E-state index contributed by atoms with van der Waals surface area (Å²) in [4.78, 5) is 14.5. The van der Waals surface area contributed by atoms with Crippen molar-refractivity contribution in [3.05, 3.63) is 46.6 Å². The normalized spacial score (nSPS) is 19.1. The molecule has 2 heterocycles. The molecule has 1 aliphatic rings. The predicted molar refractivity (Wildman–Crippen MR) is 96.6 cm³/mol. The van der Waals surface area contributed by atoms with Crippen LogP contribution in [0.1, 0.15) is 30.5 Å². The van der Waals surface area contributed by atoms with Crippen molar-refractivity contribution in [2.75, 3.05) is 18.0 Å². The molecule has 1 aromatic heterocycles. The molecule has 1 amide bonds. The van der Waals surface area contributed by atoms with Gasteiger partial charge >= 0.3 is 0 Å². The first-order valence-corrected chi connectivity index (χ1v) is 8.64. The van der Waals surface area contributed by atoms with Gasteiger partial charge in [0.2, 0.25) is 5.91 Å². The molecule has 2 atom stereocenters. The highest BCUT2D eigenvalue weighted by Gasteiger charge is 2.33. The monoisotopic (exact) mass is 346 g/mol. The second-order valence-electron chi connectivity index (χ2n) is 6.46. The summed E-state index contributed by atoms with van der Waals surface area (Å²) < 4.78 is 1.77. The van der Waals surface area contributed by atoms with Gasteiger partial charge in [0.05, 0.1) is 11.7 Å². The van der Waals surface area contributed by atoms with Crippen molar-refractivity contribution in [1.29, 1.82) is 0 Å². The van der Waals surface area contributed by atoms with E-state index in [1.807, 2.05) is 43.1 Å². The molecule has 128 valence electrons. The summed E-state index contributed by atoms with van der Waals surface area (Å²) in [7, 11) is 1.87. The average molecular weight is 347 g/mol. The van der Waals surface area contributed by atoms with Crippen LogP contribution in [0, 0.1) is 6.92 Å². The van der Waals surface area contributed by atoms with E-state index in [9.17, 15) is 4.79 Å². The van der Waals surface area contributed by atoms with Crippen molar-refractivity contribution in [1.82, 2.24) is 15.1 Å². The van der Waals surface area contributed by atoms with Gasteiger partial charge in [-0.3, -0.25) is 14.4 Å². The molecular formula is C18H23ClN4O. The second-order valence-corrected chi connectivity index (χ2v) is 6.90. The van der Waals surface area contributed by atoms with Gasteiger partial charge in [-0.2, -0.15) is 5.10 Å². The molecule has 1 aliphatic heterocycles. The number of carbonyl (C=O) groups is 1. The molecule has 0 spiro atoms. The van der Waals surface area contributed by atoms with Crippen molar-refractivity contribution < 1.29 is 4.79 Å². The molecule has 0 bridgehead atoms. The number of rotatable bonds is 5. The molecule has 1 aromatic carbocycles. The van der Waals surface area contributed by atoms with E-state index in [2.05, 4.69) is 23.4 Å². The van der Waals surface area contributed by atoms with Gasteiger partial charge in [0.15, 0.2) is 0 Å². The van der Waals surface area contributed by atoms with Gasteiger partial charge in [0.25, 0.3) is 0 Å². The van der Waals surface area contributed by atoms with Gasteiger partial charge in [-0.25, -0.2) is 0 Å². The minimum absolute atomic E-state index is 0.122. The maximum Gasteiger partial charge on any atom is 0.245 e. The molecule has 24 heavy (non-hydrogen) atoms. The van der Waals surface area contributed by atoms with Crippen LogP contribution in [0.25, 0.3) is 0 Å². The van der Waals surface area contributed by atoms with Gasteiger partial charge in [0.1, 0.15) is 5.82 Å². The molecule has 0 radical (unpaired) electrons. The summed E-state index contributed by atoms with van der Waals surface area (Å²) in [6, 6.07) is 9.70. The number of aromatic nitrogens is 2. The van der Waals surface area contributed by atoms with Gasteiger partial charge < -0.3 is 5.32 Å². The molecular weight excluding hydrogens is 324 g/mol. The molecule has 0 aliphatic carbocycles. The van der Waals surface area contributed by atoms with E-state index in [-0.39, 0.29) is 11.9 Å². The highest BCUT2D eigenvalue weighted by atomic mass is 35.5. The van der Waals surface area contributed by atoms with E-state index in [4.69, 9.17) is 11.6 Å². The molecule has 1 saturated heterocycles. The lowest BCUT2D eigenvalue weighted by Gasteiger charge is -2.19. The van der Waals surface area contributed by atoms with E-state index >= 15 is 0 Å². The van der Waals surface area contributed by atoms with E-state index in [0.717, 1.165) is 36.0 Å². The molecule has 1 N–H and O–H groups in total. The van der Waals surface area contributed by atoms with Crippen LogP contribution >= 0.6 is 11.6 Å². The molecule has 5 nitrogen and oxygen atoms in total. The van der Waals surface area contributed by atoms with E-state index in [1.54, 1.807) is 4.68 Å². The van der Waals surface area contributed by atoms with Crippen LogP contribution in [0.15, 0.2) is 30.3 Å². The van der Waals surface area contributed by atoms with Crippen LogP contribution in [-0.4, -0.2) is 34.8 Å². The minimum Gasteiger partial charge on any atom is -0.305 e. The Morgan fingerprint density at radius 2 is 2.21 bits per heavy atom. The fourth-order valence-corrected chi connectivity index (χ4v) is 3.40. The largest absolute Gasteiger partial charge is 0.305 e. The highest BCUT2D eigenvalue weighted by Crippen LogP contribution is 2.23. The molecule has 2 aromatic rings. The first-order chi connectivity index (χ1) is 11.5. The maximum absolute atomic E-state index is 12.7. The van der Waals surface area contributed by atoms with Gasteiger partial charge in [-0.05, 0) is 37.0 Å². The van der Waals surface area contributed by atoms with E-state index in [1.165, 1.54) is 5.56 Å². The summed E-state index contributed by atoms with van der Waals surface area (Å²) in [6.45, 7) is 5.54. The van der Waals surface area contributed by atoms with Crippen LogP contribution in [-0.2, 0) is 11.8 Å². The number of hydrogen-bond acceptors (Lipinski definition) is 3. The predicted octanol–water partition coefficient (Wildman–Crippen LogP) is 2.88. The fraction of sp³-hybridized carbons (Fsp3) is 0.444. The lowest BCUT2D eigenvalue weighted by Crippen LogP contribution is -2.40. The van der Waals surface area contributed by atoms with Gasteiger partial charge in [-0.1, -0.05) is 30.7 Å². The Labute approximate surface area is 147 Å². The Morgan fingerprint density at radius 1 is 1.42 bits per heavy atom. The van der Waals surface area contributed by atoms with Crippen LogP contribution < -0.4 is 10.2 Å². The van der Waals surface area contributed by atoms with Crippen LogP contribution in [0.3, 0.4) is 0 Å². The maximum atomic E-state index is 12.7. The van der Waals surface area contributed by atoms with Crippen LogP contribution in [0.4, 0.5) is 5.82 Å². The zero-order chi connectivity index (χ0) is 17.3. The zero-order valence-electron chi connectivity index (χ0n) is 14.3. The third kappa shape index (κ3) is 3.47. The fourth-order valence-electron chi connectivity index (χ4n) is 3.20. The number of nitrogens with one attached hydrogen (secondary N) is 1. The van der Waals surface area contributed by atoms with Gasteiger partial charge in [0, 0.05) is 31.2 Å². The molecule has 0 saturated carbocycles. The zero-order valence-corrected chi connectivity index (χ0v) is 15.0. The van der Waals surface area contributed by atoms with E-state index in [0.29, 0.717) is 5.92 Å². The van der Waals surface area contributed by atoms with Crippen LogP contribution in [0.2, 0.25) is 5.02 Å². The first kappa shape index (κ1) is 17.0. The second kappa shape index (κ2) is 6.95. The average Bonchev–Trinajstić information content (AvgIpc) is 3.06. The topological polar surface area (TPSA) is 50.2 Å².